The highest BCUT2D eigenvalue weighted by molar-refractivity contribution is 7.85. The SMILES string of the molecule is C[C@@H](O)C1(Nc2nc(N3CC=C(c4ncc(C5CC5)cn4)CC3)nc3c2[S@@](=O)CCC3)CCC1. The van der Waals surface area contributed by atoms with Crippen molar-refractivity contribution in [2.24, 2.45) is 0 Å². The third kappa shape index (κ3) is 4.02. The normalized spacial score (nSPS) is 24.6. The van der Waals surface area contributed by atoms with Crippen LogP contribution in [0, 0.1) is 0 Å². The predicted octanol–water partition coefficient (Wildman–Crippen LogP) is 3.21. The summed E-state index contributed by atoms with van der Waals surface area (Å²) < 4.78 is 12.9. The monoisotopic (exact) mass is 480 g/mol. The molecule has 0 radical (unpaired) electrons. The van der Waals surface area contributed by atoms with Crippen LogP contribution >= 0.6 is 0 Å². The summed E-state index contributed by atoms with van der Waals surface area (Å²) in [6, 6.07) is 0. The molecule has 2 aromatic heterocycles. The van der Waals surface area contributed by atoms with Gasteiger partial charge < -0.3 is 15.3 Å². The van der Waals surface area contributed by atoms with Gasteiger partial charge in [0.1, 0.15) is 10.7 Å². The van der Waals surface area contributed by atoms with Crippen molar-refractivity contribution >= 4 is 28.1 Å². The van der Waals surface area contributed by atoms with Gasteiger partial charge in [-0.2, -0.15) is 4.98 Å². The quantitative estimate of drug-likeness (QED) is 0.650. The number of aliphatic hydroxyl groups is 1. The summed E-state index contributed by atoms with van der Waals surface area (Å²) in [5.41, 5.74) is 2.91. The number of hydrogen-bond donors (Lipinski definition) is 2. The van der Waals surface area contributed by atoms with Gasteiger partial charge >= 0.3 is 0 Å². The Bertz CT molecular complexity index is 1140. The number of rotatable bonds is 6. The summed E-state index contributed by atoms with van der Waals surface area (Å²) in [5, 5.41) is 14.0. The number of anilines is 2. The van der Waals surface area contributed by atoms with Crippen molar-refractivity contribution in [1.29, 1.82) is 0 Å². The van der Waals surface area contributed by atoms with Crippen molar-refractivity contribution in [3.63, 3.8) is 0 Å². The van der Waals surface area contributed by atoms with Gasteiger partial charge in [-0.3, -0.25) is 4.21 Å². The predicted molar refractivity (Wildman–Crippen MR) is 132 cm³/mol. The summed E-state index contributed by atoms with van der Waals surface area (Å²) in [7, 11) is -1.11. The van der Waals surface area contributed by atoms with E-state index >= 15 is 0 Å². The molecule has 180 valence electrons. The van der Waals surface area contributed by atoms with E-state index in [1.54, 1.807) is 0 Å². The Labute approximate surface area is 202 Å². The number of nitrogens with one attached hydrogen (secondary N) is 1. The molecular weight excluding hydrogens is 448 g/mol. The molecule has 0 amide bonds. The van der Waals surface area contributed by atoms with E-state index in [9.17, 15) is 9.32 Å². The molecule has 0 saturated heterocycles. The van der Waals surface area contributed by atoms with E-state index < -0.39 is 16.9 Å². The minimum Gasteiger partial charge on any atom is -0.391 e. The summed E-state index contributed by atoms with van der Waals surface area (Å²) in [4.78, 5) is 21.9. The summed E-state index contributed by atoms with van der Waals surface area (Å²) in [6.07, 6.45) is 13.5. The minimum atomic E-state index is -1.11. The highest BCUT2D eigenvalue weighted by Gasteiger charge is 2.43. The largest absolute Gasteiger partial charge is 0.391 e. The van der Waals surface area contributed by atoms with Gasteiger partial charge in [0, 0.05) is 31.2 Å². The first-order valence-electron chi connectivity index (χ1n) is 12.5. The summed E-state index contributed by atoms with van der Waals surface area (Å²) in [5.74, 6) is 3.43. The molecule has 8 nitrogen and oxygen atoms in total. The van der Waals surface area contributed by atoms with Crippen LogP contribution in [-0.2, 0) is 17.2 Å². The van der Waals surface area contributed by atoms with E-state index in [-0.39, 0.29) is 5.54 Å². The lowest BCUT2D eigenvalue weighted by atomic mass is 9.73. The van der Waals surface area contributed by atoms with E-state index in [2.05, 4.69) is 26.3 Å². The van der Waals surface area contributed by atoms with Crippen LogP contribution in [0.2, 0.25) is 0 Å². The number of aromatic nitrogens is 4. The van der Waals surface area contributed by atoms with Crippen molar-refractivity contribution in [3.8, 4) is 0 Å². The lowest BCUT2D eigenvalue weighted by Crippen LogP contribution is -2.54. The Morgan fingerprint density at radius 2 is 1.97 bits per heavy atom. The number of hydrogen-bond acceptors (Lipinski definition) is 8. The van der Waals surface area contributed by atoms with Gasteiger partial charge in [-0.05, 0) is 75.3 Å². The highest BCUT2D eigenvalue weighted by atomic mass is 32.2. The Hall–Kier alpha value is -2.39. The van der Waals surface area contributed by atoms with Crippen molar-refractivity contribution in [2.75, 3.05) is 29.1 Å². The second-order valence-corrected chi connectivity index (χ2v) is 11.7. The molecule has 0 aromatic carbocycles. The fraction of sp³-hybridized carbons (Fsp3) is 0.600. The van der Waals surface area contributed by atoms with Crippen molar-refractivity contribution < 1.29 is 9.32 Å². The topological polar surface area (TPSA) is 104 Å². The van der Waals surface area contributed by atoms with E-state index in [4.69, 9.17) is 9.97 Å². The van der Waals surface area contributed by atoms with Crippen molar-refractivity contribution in [3.05, 3.63) is 35.6 Å². The molecule has 2 aliphatic heterocycles. The van der Waals surface area contributed by atoms with Crippen LogP contribution in [0.25, 0.3) is 5.57 Å². The third-order valence-corrected chi connectivity index (χ3v) is 9.35. The third-order valence-electron chi connectivity index (χ3n) is 7.81. The van der Waals surface area contributed by atoms with Crippen LogP contribution in [0.3, 0.4) is 0 Å². The van der Waals surface area contributed by atoms with Crippen molar-refractivity contribution in [2.45, 2.75) is 80.7 Å². The fourth-order valence-electron chi connectivity index (χ4n) is 5.22. The number of aliphatic hydroxyl groups excluding tert-OH is 1. The Balaban J connectivity index is 1.26. The van der Waals surface area contributed by atoms with Crippen LogP contribution < -0.4 is 10.2 Å². The van der Waals surface area contributed by atoms with Gasteiger partial charge in [-0.15, -0.1) is 0 Å². The maximum Gasteiger partial charge on any atom is 0.227 e. The zero-order chi connectivity index (χ0) is 23.3. The number of fused-ring (bicyclic) bond motifs is 1. The first kappa shape index (κ1) is 22.1. The fourth-order valence-corrected chi connectivity index (χ4v) is 6.55. The lowest BCUT2D eigenvalue weighted by Gasteiger charge is -2.45. The van der Waals surface area contributed by atoms with Gasteiger partial charge in [-0.25, -0.2) is 15.0 Å². The molecule has 0 bridgehead atoms. The number of nitrogens with zero attached hydrogens (tertiary/aromatic N) is 5. The molecule has 4 heterocycles. The second kappa shape index (κ2) is 8.68. The van der Waals surface area contributed by atoms with Crippen LogP contribution in [0.5, 0.6) is 0 Å². The Kier molecular flexibility index (Phi) is 5.64. The zero-order valence-electron chi connectivity index (χ0n) is 19.7. The Morgan fingerprint density at radius 3 is 2.59 bits per heavy atom. The summed E-state index contributed by atoms with van der Waals surface area (Å²) >= 11 is 0. The van der Waals surface area contributed by atoms with Gasteiger partial charge in [0.2, 0.25) is 5.95 Å². The van der Waals surface area contributed by atoms with E-state index in [1.165, 1.54) is 24.0 Å². The molecule has 34 heavy (non-hydrogen) atoms. The van der Waals surface area contributed by atoms with Gasteiger partial charge in [0.05, 0.1) is 28.1 Å². The van der Waals surface area contributed by atoms with Crippen LogP contribution in [0.4, 0.5) is 11.8 Å². The zero-order valence-corrected chi connectivity index (χ0v) is 20.5. The molecule has 2 aromatic rings. The first-order chi connectivity index (χ1) is 16.5. The molecule has 2 N–H and O–H groups in total. The standard InChI is InChI=1S/C25H32N6O2S/c1-16(32)25(9-3-10-25)30-23-21-20(4-2-13-34(21)33)28-24(29-23)31-11-7-18(8-12-31)22-26-14-19(15-27-22)17-5-6-17/h7,14-17,32H,2-6,8-13H2,1H3,(H,28,29,30)/t16-,34+/m1/s1. The maximum absolute atomic E-state index is 12.9. The molecule has 6 rings (SSSR count). The average Bonchev–Trinajstić information content (AvgIpc) is 3.67. The molecule has 4 aliphatic rings. The highest BCUT2D eigenvalue weighted by Crippen LogP contribution is 2.41. The smallest absolute Gasteiger partial charge is 0.227 e. The number of aryl methyl sites for hydroxylation is 1. The average molecular weight is 481 g/mol. The lowest BCUT2D eigenvalue weighted by molar-refractivity contribution is 0.0631. The molecule has 9 heteroatoms. The molecule has 2 fully saturated rings. The second-order valence-electron chi connectivity index (χ2n) is 10.2. The molecule has 2 aliphatic carbocycles. The van der Waals surface area contributed by atoms with Crippen LogP contribution in [0.1, 0.15) is 74.9 Å². The summed E-state index contributed by atoms with van der Waals surface area (Å²) in [6.45, 7) is 3.29. The van der Waals surface area contributed by atoms with Gasteiger partial charge in [0.15, 0.2) is 5.82 Å². The molecule has 0 unspecified atom stereocenters. The van der Waals surface area contributed by atoms with Gasteiger partial charge in [-0.1, -0.05) is 6.08 Å². The van der Waals surface area contributed by atoms with E-state index in [0.717, 1.165) is 61.5 Å². The van der Waals surface area contributed by atoms with E-state index in [1.807, 2.05) is 19.3 Å². The molecule has 0 spiro atoms. The maximum atomic E-state index is 12.9. The first-order valence-corrected chi connectivity index (χ1v) is 13.9. The van der Waals surface area contributed by atoms with E-state index in [0.29, 0.717) is 30.0 Å². The Morgan fingerprint density at radius 1 is 1.18 bits per heavy atom. The van der Waals surface area contributed by atoms with Crippen LogP contribution in [-0.4, -0.2) is 59.7 Å². The van der Waals surface area contributed by atoms with Crippen LogP contribution in [0.15, 0.2) is 23.4 Å². The van der Waals surface area contributed by atoms with Gasteiger partial charge in [0.25, 0.3) is 0 Å². The molecule has 2 atom stereocenters. The minimum absolute atomic E-state index is 0.389. The van der Waals surface area contributed by atoms with Crippen molar-refractivity contribution in [1.82, 2.24) is 19.9 Å². The molecule has 2 saturated carbocycles. The molecular formula is C25H32N6O2S.